The van der Waals surface area contributed by atoms with Crippen LogP contribution in [-0.4, -0.2) is 32.9 Å². The van der Waals surface area contributed by atoms with E-state index in [4.69, 9.17) is 9.84 Å². The first kappa shape index (κ1) is 17.2. The lowest BCUT2D eigenvalue weighted by Crippen LogP contribution is -2.00. The van der Waals surface area contributed by atoms with E-state index in [-0.39, 0.29) is 5.56 Å². The summed E-state index contributed by atoms with van der Waals surface area (Å²) in [6.07, 6.45) is 1.68. The maximum absolute atomic E-state index is 14.0. The highest BCUT2D eigenvalue weighted by atomic mass is 32.1. The quantitative estimate of drug-likeness (QED) is 0.526. The zero-order chi connectivity index (χ0) is 19.0. The molecule has 2 N–H and O–H groups in total. The van der Waals surface area contributed by atoms with Crippen molar-refractivity contribution in [1.82, 2.24) is 15.2 Å². The lowest BCUT2D eigenvalue weighted by molar-refractivity contribution is 0.0692. The van der Waals surface area contributed by atoms with Crippen LogP contribution in [0, 0.1) is 5.82 Å². The molecule has 0 saturated heterocycles. The van der Waals surface area contributed by atoms with Gasteiger partial charge in [-0.2, -0.15) is 5.10 Å². The maximum Gasteiger partial charge on any atom is 0.338 e. The number of aromatic amines is 1. The molecule has 0 bridgehead atoms. The zero-order valence-electron chi connectivity index (χ0n) is 14.2. The summed E-state index contributed by atoms with van der Waals surface area (Å²) in [5.74, 6) is -1.38. The average Bonchev–Trinajstić information content (AvgIpc) is 3.29. The number of aromatic carboxylic acids is 1. The molecule has 0 fully saturated rings. The van der Waals surface area contributed by atoms with Crippen LogP contribution < -0.4 is 4.74 Å². The summed E-state index contributed by atoms with van der Waals surface area (Å²) >= 11 is 1.36. The molecule has 0 spiro atoms. The van der Waals surface area contributed by atoms with Gasteiger partial charge < -0.3 is 9.84 Å². The number of aromatic nitrogens is 3. The van der Waals surface area contributed by atoms with E-state index < -0.39 is 11.8 Å². The van der Waals surface area contributed by atoms with Crippen LogP contribution in [-0.2, 0) is 0 Å². The van der Waals surface area contributed by atoms with Gasteiger partial charge in [-0.25, -0.2) is 14.2 Å². The predicted molar refractivity (Wildman–Crippen MR) is 101 cm³/mol. The second kappa shape index (κ2) is 6.81. The highest BCUT2D eigenvalue weighted by molar-refractivity contribution is 7.18. The van der Waals surface area contributed by atoms with Crippen LogP contribution in [0.25, 0.3) is 32.0 Å². The van der Waals surface area contributed by atoms with Crippen LogP contribution in [0.15, 0.2) is 42.6 Å². The van der Waals surface area contributed by atoms with E-state index in [0.717, 1.165) is 21.5 Å². The molecule has 0 aliphatic heterocycles. The number of carboxylic acid groups (broad SMARTS) is 1. The third kappa shape index (κ3) is 3.04. The van der Waals surface area contributed by atoms with E-state index in [2.05, 4.69) is 15.2 Å². The SMILES string of the molecule is CCOc1cccc2c(-c3cnc(-c4ccc(C(=O)O)c(F)c4)s3)[nH]nc12. The van der Waals surface area contributed by atoms with Gasteiger partial charge in [-0.3, -0.25) is 5.10 Å². The molecule has 8 heteroatoms. The predicted octanol–water partition coefficient (Wildman–Crippen LogP) is 4.59. The number of ether oxygens (including phenoxy) is 1. The van der Waals surface area contributed by atoms with E-state index in [9.17, 15) is 9.18 Å². The molecule has 136 valence electrons. The highest BCUT2D eigenvalue weighted by Crippen LogP contribution is 2.37. The molecular weight excluding hydrogens is 369 g/mol. The average molecular weight is 383 g/mol. The number of rotatable bonds is 5. The van der Waals surface area contributed by atoms with E-state index in [1.807, 2.05) is 25.1 Å². The summed E-state index contributed by atoms with van der Waals surface area (Å²) in [4.78, 5) is 16.1. The van der Waals surface area contributed by atoms with E-state index in [1.54, 1.807) is 12.3 Å². The lowest BCUT2D eigenvalue weighted by Gasteiger charge is -2.02. The molecule has 0 unspecified atom stereocenters. The lowest BCUT2D eigenvalue weighted by atomic mass is 10.1. The van der Waals surface area contributed by atoms with Crippen LogP contribution >= 0.6 is 11.3 Å². The molecule has 2 aromatic heterocycles. The number of fused-ring (bicyclic) bond motifs is 1. The second-order valence-electron chi connectivity index (χ2n) is 5.71. The van der Waals surface area contributed by atoms with Crippen molar-refractivity contribution >= 4 is 28.2 Å². The van der Waals surface area contributed by atoms with Gasteiger partial charge in [-0.1, -0.05) is 18.2 Å². The molecule has 4 rings (SSSR count). The van der Waals surface area contributed by atoms with Gasteiger partial charge in [0.25, 0.3) is 0 Å². The molecule has 0 atom stereocenters. The molecule has 0 aliphatic rings. The normalized spacial score (nSPS) is 11.0. The summed E-state index contributed by atoms with van der Waals surface area (Å²) in [6.45, 7) is 2.46. The van der Waals surface area contributed by atoms with E-state index >= 15 is 0 Å². The number of carboxylic acids is 1. The molecule has 27 heavy (non-hydrogen) atoms. The minimum atomic E-state index is -1.30. The van der Waals surface area contributed by atoms with Crippen molar-refractivity contribution in [2.24, 2.45) is 0 Å². The number of halogens is 1. The Bertz CT molecular complexity index is 1150. The number of benzene rings is 2. The summed E-state index contributed by atoms with van der Waals surface area (Å²) < 4.78 is 19.6. The second-order valence-corrected chi connectivity index (χ2v) is 6.74. The van der Waals surface area contributed by atoms with Gasteiger partial charge in [0.15, 0.2) is 0 Å². The maximum atomic E-state index is 14.0. The Hall–Kier alpha value is -3.26. The van der Waals surface area contributed by atoms with Gasteiger partial charge in [-0.05, 0) is 25.1 Å². The van der Waals surface area contributed by atoms with Crippen molar-refractivity contribution in [2.75, 3.05) is 6.61 Å². The van der Waals surface area contributed by atoms with Gasteiger partial charge in [0, 0.05) is 17.1 Å². The summed E-state index contributed by atoms with van der Waals surface area (Å²) in [6, 6.07) is 9.68. The summed E-state index contributed by atoms with van der Waals surface area (Å²) in [7, 11) is 0. The summed E-state index contributed by atoms with van der Waals surface area (Å²) in [5.41, 5.74) is 1.70. The number of hydrogen-bond donors (Lipinski definition) is 2. The molecule has 0 radical (unpaired) electrons. The van der Waals surface area contributed by atoms with Gasteiger partial charge in [0.2, 0.25) is 0 Å². The van der Waals surface area contributed by atoms with Crippen LogP contribution in [0.1, 0.15) is 17.3 Å². The monoisotopic (exact) mass is 383 g/mol. The van der Waals surface area contributed by atoms with Crippen LogP contribution in [0.4, 0.5) is 4.39 Å². The fourth-order valence-electron chi connectivity index (χ4n) is 2.82. The Morgan fingerprint density at radius 3 is 2.93 bits per heavy atom. The Labute approximate surface area is 157 Å². The van der Waals surface area contributed by atoms with Crippen molar-refractivity contribution in [3.05, 3.63) is 54.0 Å². The Kier molecular flexibility index (Phi) is 4.33. The smallest absolute Gasteiger partial charge is 0.338 e. The fourth-order valence-corrected chi connectivity index (χ4v) is 3.74. The highest BCUT2D eigenvalue weighted by Gasteiger charge is 2.16. The first-order valence-electron chi connectivity index (χ1n) is 8.17. The van der Waals surface area contributed by atoms with Crippen molar-refractivity contribution in [1.29, 1.82) is 0 Å². The van der Waals surface area contributed by atoms with Crippen LogP contribution in [0.5, 0.6) is 5.75 Å². The van der Waals surface area contributed by atoms with Crippen molar-refractivity contribution in [2.45, 2.75) is 6.92 Å². The third-order valence-electron chi connectivity index (χ3n) is 4.05. The van der Waals surface area contributed by atoms with E-state index in [0.29, 0.717) is 22.9 Å². The van der Waals surface area contributed by atoms with Crippen molar-refractivity contribution in [3.8, 4) is 26.9 Å². The van der Waals surface area contributed by atoms with Crippen molar-refractivity contribution < 1.29 is 19.0 Å². The van der Waals surface area contributed by atoms with E-state index in [1.165, 1.54) is 23.5 Å². The fraction of sp³-hybridized carbons (Fsp3) is 0.105. The minimum absolute atomic E-state index is 0.362. The third-order valence-corrected chi connectivity index (χ3v) is 5.11. The molecule has 0 amide bonds. The van der Waals surface area contributed by atoms with Crippen molar-refractivity contribution in [3.63, 3.8) is 0 Å². The number of nitrogens with zero attached hydrogens (tertiary/aromatic N) is 2. The topological polar surface area (TPSA) is 88.1 Å². The molecule has 4 aromatic rings. The largest absolute Gasteiger partial charge is 0.492 e. The van der Waals surface area contributed by atoms with Gasteiger partial charge >= 0.3 is 5.97 Å². The first-order valence-corrected chi connectivity index (χ1v) is 8.99. The number of thiazole rings is 1. The van der Waals surface area contributed by atoms with Gasteiger partial charge in [0.05, 0.1) is 22.7 Å². The first-order chi connectivity index (χ1) is 13.1. The number of hydrogen-bond acceptors (Lipinski definition) is 5. The molecular formula is C19H14FN3O3S. The molecule has 0 aliphatic carbocycles. The summed E-state index contributed by atoms with van der Waals surface area (Å²) in [5, 5.41) is 17.8. The number of para-hydroxylation sites is 1. The Morgan fingerprint density at radius 2 is 2.19 bits per heavy atom. The van der Waals surface area contributed by atoms with Crippen LogP contribution in [0.3, 0.4) is 0 Å². The Balaban J connectivity index is 1.73. The minimum Gasteiger partial charge on any atom is -0.492 e. The zero-order valence-corrected chi connectivity index (χ0v) is 15.0. The molecule has 0 saturated carbocycles. The van der Waals surface area contributed by atoms with Crippen LogP contribution in [0.2, 0.25) is 0 Å². The number of carbonyl (C=O) groups is 1. The molecule has 2 aromatic carbocycles. The Morgan fingerprint density at radius 1 is 1.33 bits per heavy atom. The molecule has 6 nitrogen and oxygen atoms in total. The number of H-pyrrole nitrogens is 1. The van der Waals surface area contributed by atoms with Gasteiger partial charge in [-0.15, -0.1) is 11.3 Å². The standard InChI is InChI=1S/C19H14FN3O3S/c1-2-26-14-5-3-4-12-16(14)22-23-17(12)15-9-21-18(27-15)10-6-7-11(19(24)25)13(20)8-10/h3-9H,2H2,1H3,(H,22,23)(H,24,25). The molecule has 2 heterocycles. The van der Waals surface area contributed by atoms with Gasteiger partial charge in [0.1, 0.15) is 22.1 Å². The number of nitrogens with one attached hydrogen (secondary N) is 1.